The van der Waals surface area contributed by atoms with Crippen LogP contribution in [0, 0.1) is 11.6 Å². The lowest BCUT2D eigenvalue weighted by molar-refractivity contribution is -0.0783. The minimum Gasteiger partial charge on any atom is -0.373 e. The average molecular weight is 298 g/mol. The van der Waals surface area contributed by atoms with Crippen LogP contribution in [-0.2, 0) is 4.74 Å². The molecule has 0 heterocycles. The van der Waals surface area contributed by atoms with E-state index in [9.17, 15) is 8.78 Å². The van der Waals surface area contributed by atoms with Crippen molar-refractivity contribution in [3.05, 3.63) is 35.4 Å². The molecule has 1 saturated carbocycles. The lowest BCUT2D eigenvalue weighted by atomic mass is 9.82. The summed E-state index contributed by atoms with van der Waals surface area (Å²) in [6, 6.07) is 3.59. The van der Waals surface area contributed by atoms with Gasteiger partial charge in [0.2, 0.25) is 0 Å². The second-order valence-electron chi connectivity index (χ2n) is 5.69. The van der Waals surface area contributed by atoms with E-state index in [-0.39, 0.29) is 6.04 Å². The van der Waals surface area contributed by atoms with Crippen molar-refractivity contribution in [2.45, 2.75) is 57.1 Å². The summed E-state index contributed by atoms with van der Waals surface area (Å²) < 4.78 is 32.8. The highest BCUT2D eigenvalue weighted by Gasteiger charge is 2.40. The van der Waals surface area contributed by atoms with Crippen LogP contribution in [0.2, 0.25) is 0 Å². The van der Waals surface area contributed by atoms with Gasteiger partial charge in [-0.1, -0.05) is 31.7 Å². The summed E-state index contributed by atoms with van der Waals surface area (Å²) in [6.07, 6.45) is 6.20. The van der Waals surface area contributed by atoms with Crippen LogP contribution in [0.5, 0.6) is 0 Å². The number of hydrogen-bond acceptors (Lipinski definition) is 3. The van der Waals surface area contributed by atoms with Crippen LogP contribution < -0.4 is 11.3 Å². The molecule has 1 aliphatic rings. The standard InChI is InChI=1S/C16H24F2N2O/c1-2-21-16(9-5-3-4-6-10-16)15(20-19)12-7-8-13(17)14(18)11-12/h7-8,11,15,20H,2-6,9-10,19H2,1H3. The Morgan fingerprint density at radius 2 is 1.86 bits per heavy atom. The van der Waals surface area contributed by atoms with Gasteiger partial charge in [-0.25, -0.2) is 8.78 Å². The van der Waals surface area contributed by atoms with Gasteiger partial charge in [0.1, 0.15) is 0 Å². The summed E-state index contributed by atoms with van der Waals surface area (Å²) in [4.78, 5) is 0. The second-order valence-corrected chi connectivity index (χ2v) is 5.69. The van der Waals surface area contributed by atoms with E-state index >= 15 is 0 Å². The molecule has 0 bridgehead atoms. The highest BCUT2D eigenvalue weighted by Crippen LogP contribution is 2.40. The molecule has 3 N–H and O–H groups in total. The summed E-state index contributed by atoms with van der Waals surface area (Å²) in [5.41, 5.74) is 2.95. The molecular weight excluding hydrogens is 274 g/mol. The number of rotatable bonds is 5. The van der Waals surface area contributed by atoms with Crippen molar-refractivity contribution in [2.75, 3.05) is 6.61 Å². The third-order valence-corrected chi connectivity index (χ3v) is 4.35. The molecule has 5 heteroatoms. The molecule has 1 aromatic rings. The monoisotopic (exact) mass is 298 g/mol. The van der Waals surface area contributed by atoms with Crippen LogP contribution in [0.15, 0.2) is 18.2 Å². The molecule has 1 aliphatic carbocycles. The van der Waals surface area contributed by atoms with E-state index in [1.165, 1.54) is 18.9 Å². The van der Waals surface area contributed by atoms with E-state index in [2.05, 4.69) is 5.43 Å². The predicted octanol–water partition coefficient (Wildman–Crippen LogP) is 3.60. The molecule has 0 radical (unpaired) electrons. The number of hydrogen-bond donors (Lipinski definition) is 2. The van der Waals surface area contributed by atoms with Crippen LogP contribution in [0.25, 0.3) is 0 Å². The van der Waals surface area contributed by atoms with Crippen LogP contribution in [-0.4, -0.2) is 12.2 Å². The van der Waals surface area contributed by atoms with E-state index in [0.29, 0.717) is 12.2 Å². The molecule has 2 rings (SSSR count). The van der Waals surface area contributed by atoms with Gasteiger partial charge in [-0.2, -0.15) is 0 Å². The Hall–Kier alpha value is -1.04. The largest absolute Gasteiger partial charge is 0.373 e. The number of nitrogens with two attached hydrogens (primary N) is 1. The van der Waals surface area contributed by atoms with Crippen molar-refractivity contribution in [2.24, 2.45) is 5.84 Å². The van der Waals surface area contributed by atoms with Crippen LogP contribution in [0.4, 0.5) is 8.78 Å². The maximum Gasteiger partial charge on any atom is 0.159 e. The van der Waals surface area contributed by atoms with Gasteiger partial charge in [-0.05, 0) is 37.5 Å². The maximum absolute atomic E-state index is 13.5. The summed E-state index contributed by atoms with van der Waals surface area (Å²) in [7, 11) is 0. The zero-order valence-electron chi connectivity index (χ0n) is 12.5. The molecule has 0 amide bonds. The highest BCUT2D eigenvalue weighted by atomic mass is 19.2. The SMILES string of the molecule is CCOC1(C(NN)c2ccc(F)c(F)c2)CCCCCC1. The van der Waals surface area contributed by atoms with Crippen molar-refractivity contribution in [3.8, 4) is 0 Å². The molecule has 3 nitrogen and oxygen atoms in total. The number of benzene rings is 1. The minimum absolute atomic E-state index is 0.342. The smallest absolute Gasteiger partial charge is 0.159 e. The number of halogens is 2. The molecule has 1 atom stereocenters. The molecule has 0 aliphatic heterocycles. The first-order valence-electron chi connectivity index (χ1n) is 7.68. The fourth-order valence-electron chi connectivity index (χ4n) is 3.37. The Morgan fingerprint density at radius 3 is 2.38 bits per heavy atom. The van der Waals surface area contributed by atoms with Gasteiger partial charge in [0.05, 0.1) is 11.6 Å². The van der Waals surface area contributed by atoms with Gasteiger partial charge >= 0.3 is 0 Å². The first-order chi connectivity index (χ1) is 10.1. The molecule has 118 valence electrons. The van der Waals surface area contributed by atoms with Gasteiger partial charge < -0.3 is 4.74 Å². The predicted molar refractivity (Wildman–Crippen MR) is 78.5 cm³/mol. The van der Waals surface area contributed by atoms with Gasteiger partial charge in [0.25, 0.3) is 0 Å². The van der Waals surface area contributed by atoms with E-state index in [0.717, 1.165) is 31.7 Å². The molecule has 0 aromatic heterocycles. The fourth-order valence-corrected chi connectivity index (χ4v) is 3.37. The second kappa shape index (κ2) is 7.29. The lowest BCUT2D eigenvalue weighted by Crippen LogP contribution is -2.48. The first kappa shape index (κ1) is 16.3. The molecule has 0 saturated heterocycles. The summed E-state index contributed by atoms with van der Waals surface area (Å²) >= 11 is 0. The Bertz CT molecular complexity index is 460. The average Bonchev–Trinajstić information content (AvgIpc) is 2.70. The Kier molecular flexibility index (Phi) is 5.67. The molecule has 1 unspecified atom stereocenters. The van der Waals surface area contributed by atoms with E-state index in [1.54, 1.807) is 6.07 Å². The Morgan fingerprint density at radius 1 is 1.19 bits per heavy atom. The van der Waals surface area contributed by atoms with Gasteiger partial charge in [-0.15, -0.1) is 0 Å². The third kappa shape index (κ3) is 3.59. The molecule has 0 spiro atoms. The topological polar surface area (TPSA) is 47.3 Å². The summed E-state index contributed by atoms with van der Waals surface area (Å²) in [5, 5.41) is 0. The fraction of sp³-hybridized carbons (Fsp3) is 0.625. The van der Waals surface area contributed by atoms with E-state index in [4.69, 9.17) is 10.6 Å². The van der Waals surface area contributed by atoms with Gasteiger partial charge in [0, 0.05) is 6.61 Å². The molecule has 1 aromatic carbocycles. The van der Waals surface area contributed by atoms with Crippen LogP contribution in [0.1, 0.15) is 57.1 Å². The van der Waals surface area contributed by atoms with E-state index < -0.39 is 17.2 Å². The quantitative estimate of drug-likeness (QED) is 0.496. The maximum atomic E-state index is 13.5. The Labute approximate surface area is 124 Å². The number of ether oxygens (including phenoxy) is 1. The first-order valence-corrected chi connectivity index (χ1v) is 7.68. The summed E-state index contributed by atoms with van der Waals surface area (Å²) in [6.45, 7) is 2.52. The van der Waals surface area contributed by atoms with Crippen molar-refractivity contribution >= 4 is 0 Å². The van der Waals surface area contributed by atoms with Crippen molar-refractivity contribution in [3.63, 3.8) is 0 Å². The third-order valence-electron chi connectivity index (χ3n) is 4.35. The molecule has 21 heavy (non-hydrogen) atoms. The summed E-state index contributed by atoms with van der Waals surface area (Å²) in [5.74, 6) is 4.04. The minimum atomic E-state index is -0.854. The van der Waals surface area contributed by atoms with Crippen molar-refractivity contribution < 1.29 is 13.5 Å². The van der Waals surface area contributed by atoms with Crippen LogP contribution in [0.3, 0.4) is 0 Å². The molecule has 1 fully saturated rings. The van der Waals surface area contributed by atoms with E-state index in [1.807, 2.05) is 6.92 Å². The normalized spacial score (nSPS) is 20.0. The number of nitrogens with one attached hydrogen (secondary N) is 1. The van der Waals surface area contributed by atoms with Crippen LogP contribution >= 0.6 is 0 Å². The lowest BCUT2D eigenvalue weighted by Gasteiger charge is -2.40. The Balaban J connectivity index is 2.36. The zero-order chi connectivity index (χ0) is 15.3. The van der Waals surface area contributed by atoms with Gasteiger partial charge in [-0.3, -0.25) is 11.3 Å². The van der Waals surface area contributed by atoms with Crippen molar-refractivity contribution in [1.29, 1.82) is 0 Å². The highest BCUT2D eigenvalue weighted by molar-refractivity contribution is 5.24. The van der Waals surface area contributed by atoms with Crippen molar-refractivity contribution in [1.82, 2.24) is 5.43 Å². The number of hydrazine groups is 1. The molecular formula is C16H24F2N2O. The van der Waals surface area contributed by atoms with Gasteiger partial charge in [0.15, 0.2) is 11.6 Å². The zero-order valence-corrected chi connectivity index (χ0v) is 12.5.